The molecule has 0 aromatic heterocycles. The molecular weight excluding hydrogens is 204 g/mol. The lowest BCUT2D eigenvalue weighted by Gasteiger charge is -2.10. The van der Waals surface area contributed by atoms with Crippen LogP contribution in [0.4, 0.5) is 11.4 Å². The average molecular weight is 222 g/mol. The Labute approximate surface area is 95.4 Å². The highest BCUT2D eigenvalue weighted by Gasteiger charge is 2.06. The minimum atomic E-state index is -0.152. The first-order valence-corrected chi connectivity index (χ1v) is 5.08. The molecule has 1 amide bonds. The highest BCUT2D eigenvalue weighted by Crippen LogP contribution is 2.13. The zero-order chi connectivity index (χ0) is 12.1. The van der Waals surface area contributed by atoms with E-state index in [-0.39, 0.29) is 5.91 Å². The summed E-state index contributed by atoms with van der Waals surface area (Å²) in [5.41, 5.74) is 12.7. The van der Waals surface area contributed by atoms with E-state index in [0.29, 0.717) is 23.5 Å². The minimum Gasteiger partial charge on any atom is -0.399 e. The van der Waals surface area contributed by atoms with Gasteiger partial charge in [-0.05, 0) is 32.3 Å². The monoisotopic (exact) mass is 222 g/mol. The third kappa shape index (κ3) is 3.78. The van der Waals surface area contributed by atoms with Crippen molar-refractivity contribution in [2.45, 2.75) is 0 Å². The fourth-order valence-electron chi connectivity index (χ4n) is 1.30. The molecule has 0 saturated heterocycles. The Morgan fingerprint density at radius 2 is 1.81 bits per heavy atom. The van der Waals surface area contributed by atoms with E-state index in [0.717, 1.165) is 6.54 Å². The van der Waals surface area contributed by atoms with E-state index in [4.69, 9.17) is 11.5 Å². The van der Waals surface area contributed by atoms with Gasteiger partial charge in [0, 0.05) is 30.0 Å². The molecule has 0 bridgehead atoms. The van der Waals surface area contributed by atoms with Gasteiger partial charge in [0.25, 0.3) is 5.91 Å². The van der Waals surface area contributed by atoms with Gasteiger partial charge < -0.3 is 21.7 Å². The third-order valence-corrected chi connectivity index (χ3v) is 2.08. The van der Waals surface area contributed by atoms with Crippen LogP contribution >= 0.6 is 0 Å². The minimum absolute atomic E-state index is 0.152. The molecule has 16 heavy (non-hydrogen) atoms. The number of nitrogens with zero attached hydrogens (tertiary/aromatic N) is 1. The summed E-state index contributed by atoms with van der Waals surface area (Å²) < 4.78 is 0. The van der Waals surface area contributed by atoms with E-state index in [9.17, 15) is 4.79 Å². The standard InChI is InChI=1S/C11H18N4O/c1-15(2)4-3-14-11(16)8-5-9(12)7-10(13)6-8/h5-7H,3-4,12-13H2,1-2H3,(H,14,16). The molecule has 1 aromatic rings. The van der Waals surface area contributed by atoms with Gasteiger partial charge in [0.1, 0.15) is 0 Å². The molecule has 0 radical (unpaired) electrons. The van der Waals surface area contributed by atoms with Crippen molar-refractivity contribution >= 4 is 17.3 Å². The normalized spacial score (nSPS) is 10.4. The Kier molecular flexibility index (Phi) is 4.13. The van der Waals surface area contributed by atoms with Gasteiger partial charge in [0.2, 0.25) is 0 Å². The van der Waals surface area contributed by atoms with E-state index in [1.165, 1.54) is 0 Å². The molecule has 5 nitrogen and oxygen atoms in total. The number of likely N-dealkylation sites (N-methyl/N-ethyl adjacent to an activating group) is 1. The van der Waals surface area contributed by atoms with Gasteiger partial charge >= 0.3 is 0 Å². The van der Waals surface area contributed by atoms with Crippen LogP contribution in [-0.2, 0) is 0 Å². The molecule has 0 heterocycles. The number of nitrogens with two attached hydrogens (primary N) is 2. The molecule has 0 atom stereocenters. The maximum atomic E-state index is 11.7. The van der Waals surface area contributed by atoms with Crippen molar-refractivity contribution in [2.75, 3.05) is 38.7 Å². The van der Waals surface area contributed by atoms with Crippen molar-refractivity contribution in [1.29, 1.82) is 0 Å². The van der Waals surface area contributed by atoms with Crippen molar-refractivity contribution in [2.24, 2.45) is 0 Å². The van der Waals surface area contributed by atoms with Crippen molar-refractivity contribution in [1.82, 2.24) is 10.2 Å². The Balaban J connectivity index is 2.59. The van der Waals surface area contributed by atoms with Crippen LogP contribution in [0.15, 0.2) is 18.2 Å². The van der Waals surface area contributed by atoms with Crippen LogP contribution in [0, 0.1) is 0 Å². The van der Waals surface area contributed by atoms with Gasteiger partial charge in [-0.2, -0.15) is 0 Å². The fraction of sp³-hybridized carbons (Fsp3) is 0.364. The van der Waals surface area contributed by atoms with Crippen LogP contribution in [0.1, 0.15) is 10.4 Å². The van der Waals surface area contributed by atoms with E-state index >= 15 is 0 Å². The molecule has 88 valence electrons. The number of hydrogen-bond donors (Lipinski definition) is 3. The second-order valence-electron chi connectivity index (χ2n) is 3.95. The predicted molar refractivity (Wildman–Crippen MR) is 66.2 cm³/mol. The second kappa shape index (κ2) is 5.37. The van der Waals surface area contributed by atoms with Gasteiger partial charge in [0.15, 0.2) is 0 Å². The van der Waals surface area contributed by atoms with Gasteiger partial charge in [-0.3, -0.25) is 4.79 Å². The lowest BCUT2D eigenvalue weighted by molar-refractivity contribution is 0.0951. The first kappa shape index (κ1) is 12.3. The van der Waals surface area contributed by atoms with Crippen LogP contribution in [0.2, 0.25) is 0 Å². The molecule has 5 heteroatoms. The maximum absolute atomic E-state index is 11.7. The highest BCUT2D eigenvalue weighted by molar-refractivity contribution is 5.96. The van der Waals surface area contributed by atoms with Crippen LogP contribution in [-0.4, -0.2) is 38.0 Å². The van der Waals surface area contributed by atoms with Crippen molar-refractivity contribution in [3.63, 3.8) is 0 Å². The Hall–Kier alpha value is -1.75. The molecule has 0 spiro atoms. The highest BCUT2D eigenvalue weighted by atomic mass is 16.1. The van der Waals surface area contributed by atoms with E-state index in [1.807, 2.05) is 19.0 Å². The molecule has 0 fully saturated rings. The first-order chi connectivity index (χ1) is 7.49. The fourth-order valence-corrected chi connectivity index (χ4v) is 1.30. The number of rotatable bonds is 4. The maximum Gasteiger partial charge on any atom is 0.251 e. The molecule has 1 rings (SSSR count). The summed E-state index contributed by atoms with van der Waals surface area (Å²) in [6.45, 7) is 1.39. The van der Waals surface area contributed by atoms with Crippen LogP contribution < -0.4 is 16.8 Å². The van der Waals surface area contributed by atoms with Gasteiger partial charge in [-0.15, -0.1) is 0 Å². The Morgan fingerprint density at radius 1 is 1.25 bits per heavy atom. The van der Waals surface area contributed by atoms with Crippen LogP contribution in [0.25, 0.3) is 0 Å². The predicted octanol–water partition coefficient (Wildman–Crippen LogP) is 0.142. The third-order valence-electron chi connectivity index (χ3n) is 2.08. The van der Waals surface area contributed by atoms with Crippen molar-refractivity contribution in [3.8, 4) is 0 Å². The zero-order valence-electron chi connectivity index (χ0n) is 9.66. The summed E-state index contributed by atoms with van der Waals surface area (Å²) in [6, 6.07) is 4.85. The number of nitrogen functional groups attached to an aromatic ring is 2. The summed E-state index contributed by atoms with van der Waals surface area (Å²) in [5.74, 6) is -0.152. The SMILES string of the molecule is CN(C)CCNC(=O)c1cc(N)cc(N)c1. The quantitative estimate of drug-likeness (QED) is 0.633. The molecule has 0 unspecified atom stereocenters. The average Bonchev–Trinajstić information content (AvgIpc) is 2.15. The number of hydrogen-bond acceptors (Lipinski definition) is 4. The lowest BCUT2D eigenvalue weighted by atomic mass is 10.1. The number of carbonyl (C=O) groups is 1. The largest absolute Gasteiger partial charge is 0.399 e. The van der Waals surface area contributed by atoms with Crippen LogP contribution in [0.3, 0.4) is 0 Å². The summed E-state index contributed by atoms with van der Waals surface area (Å²) in [7, 11) is 3.90. The second-order valence-corrected chi connectivity index (χ2v) is 3.95. The molecule has 0 aliphatic carbocycles. The molecule has 5 N–H and O–H groups in total. The Bertz CT molecular complexity index is 356. The summed E-state index contributed by atoms with van der Waals surface area (Å²) >= 11 is 0. The molecule has 1 aromatic carbocycles. The number of benzene rings is 1. The molecule has 0 aliphatic heterocycles. The molecule has 0 aliphatic rings. The first-order valence-electron chi connectivity index (χ1n) is 5.08. The van der Waals surface area contributed by atoms with Gasteiger partial charge in [-0.1, -0.05) is 0 Å². The number of amides is 1. The van der Waals surface area contributed by atoms with Gasteiger partial charge in [-0.25, -0.2) is 0 Å². The molecule has 0 saturated carbocycles. The van der Waals surface area contributed by atoms with E-state index in [2.05, 4.69) is 5.32 Å². The molecular formula is C11H18N4O. The zero-order valence-corrected chi connectivity index (χ0v) is 9.66. The smallest absolute Gasteiger partial charge is 0.251 e. The van der Waals surface area contributed by atoms with E-state index < -0.39 is 0 Å². The summed E-state index contributed by atoms with van der Waals surface area (Å²) in [4.78, 5) is 13.7. The summed E-state index contributed by atoms with van der Waals surface area (Å²) in [5, 5.41) is 2.79. The Morgan fingerprint density at radius 3 is 2.31 bits per heavy atom. The van der Waals surface area contributed by atoms with Crippen LogP contribution in [0.5, 0.6) is 0 Å². The lowest BCUT2D eigenvalue weighted by Crippen LogP contribution is -2.31. The number of carbonyl (C=O) groups excluding carboxylic acids is 1. The number of nitrogens with one attached hydrogen (secondary N) is 1. The number of anilines is 2. The van der Waals surface area contributed by atoms with Crippen molar-refractivity contribution in [3.05, 3.63) is 23.8 Å². The topological polar surface area (TPSA) is 84.4 Å². The van der Waals surface area contributed by atoms with Crippen molar-refractivity contribution < 1.29 is 4.79 Å². The van der Waals surface area contributed by atoms with E-state index in [1.54, 1.807) is 18.2 Å². The summed E-state index contributed by atoms with van der Waals surface area (Å²) in [6.07, 6.45) is 0. The van der Waals surface area contributed by atoms with Gasteiger partial charge in [0.05, 0.1) is 0 Å².